The number of carbonyl (C=O) groups is 1. The van der Waals surface area contributed by atoms with Crippen LogP contribution in [0, 0.1) is 17.3 Å². The molecule has 0 aromatic heterocycles. The number of rotatable bonds is 2. The Hall–Kier alpha value is -1.31. The summed E-state index contributed by atoms with van der Waals surface area (Å²) in [6, 6.07) is 10.6. The van der Waals surface area contributed by atoms with Crippen molar-refractivity contribution in [2.45, 2.75) is 44.9 Å². The summed E-state index contributed by atoms with van der Waals surface area (Å²) in [7, 11) is 0. The van der Waals surface area contributed by atoms with Crippen LogP contribution in [0.3, 0.4) is 0 Å². The van der Waals surface area contributed by atoms with Gasteiger partial charge in [0.15, 0.2) is 0 Å². The largest absolute Gasteiger partial charge is 0.481 e. The molecule has 1 N–H and O–H groups in total. The Balaban J connectivity index is 2.05. The average Bonchev–Trinajstić information content (AvgIpc) is 2.60. The monoisotopic (exact) mass is 258 g/mol. The normalized spacial score (nSPS) is 41.2. The van der Waals surface area contributed by atoms with Gasteiger partial charge in [0.05, 0.1) is 5.41 Å². The topological polar surface area (TPSA) is 37.3 Å². The fraction of sp³-hybridized carbons (Fsp3) is 0.588. The Kier molecular flexibility index (Phi) is 2.74. The Labute approximate surface area is 114 Å². The van der Waals surface area contributed by atoms with E-state index in [1.807, 2.05) is 13.0 Å². The van der Waals surface area contributed by atoms with E-state index < -0.39 is 11.4 Å². The summed E-state index contributed by atoms with van der Waals surface area (Å²) in [5.74, 6) is 0.346. The van der Waals surface area contributed by atoms with Crippen LogP contribution in [0.25, 0.3) is 0 Å². The molecule has 2 nitrogen and oxygen atoms in total. The van der Waals surface area contributed by atoms with Crippen LogP contribution in [0.2, 0.25) is 0 Å². The zero-order valence-electron chi connectivity index (χ0n) is 11.7. The Morgan fingerprint density at radius 2 is 1.95 bits per heavy atom. The minimum atomic E-state index is -0.607. The fourth-order valence-corrected chi connectivity index (χ4v) is 4.73. The predicted molar refractivity (Wildman–Crippen MR) is 75.0 cm³/mol. The molecule has 0 spiro atoms. The van der Waals surface area contributed by atoms with E-state index >= 15 is 0 Å². The number of carboxylic acid groups (broad SMARTS) is 1. The molecule has 2 bridgehead atoms. The van der Waals surface area contributed by atoms with Crippen molar-refractivity contribution in [1.82, 2.24) is 0 Å². The molecule has 1 aromatic rings. The molecule has 2 aliphatic carbocycles. The first-order valence-corrected chi connectivity index (χ1v) is 7.25. The first-order chi connectivity index (χ1) is 8.96. The molecule has 2 saturated carbocycles. The quantitative estimate of drug-likeness (QED) is 0.874. The number of hydrogen-bond donors (Lipinski definition) is 1. The second-order valence-corrected chi connectivity index (χ2v) is 6.99. The van der Waals surface area contributed by atoms with Crippen molar-refractivity contribution in [2.24, 2.45) is 17.3 Å². The van der Waals surface area contributed by atoms with Gasteiger partial charge in [-0.05, 0) is 55.4 Å². The second kappa shape index (κ2) is 4.09. The van der Waals surface area contributed by atoms with Gasteiger partial charge in [-0.2, -0.15) is 0 Å². The molecule has 2 aliphatic rings. The maximum Gasteiger partial charge on any atom is 0.309 e. The second-order valence-electron chi connectivity index (χ2n) is 6.99. The molecule has 19 heavy (non-hydrogen) atoms. The van der Waals surface area contributed by atoms with E-state index in [1.165, 1.54) is 5.56 Å². The van der Waals surface area contributed by atoms with Crippen molar-refractivity contribution in [3.8, 4) is 0 Å². The number of fused-ring (bicyclic) bond motifs is 2. The van der Waals surface area contributed by atoms with E-state index in [9.17, 15) is 9.90 Å². The number of hydrogen-bond acceptors (Lipinski definition) is 1. The van der Waals surface area contributed by atoms with Crippen molar-refractivity contribution in [2.75, 3.05) is 0 Å². The summed E-state index contributed by atoms with van der Waals surface area (Å²) >= 11 is 0. The number of carboxylic acids is 1. The third-order valence-corrected chi connectivity index (χ3v) is 5.54. The summed E-state index contributed by atoms with van der Waals surface area (Å²) in [5, 5.41) is 9.67. The van der Waals surface area contributed by atoms with Crippen molar-refractivity contribution >= 4 is 5.97 Å². The van der Waals surface area contributed by atoms with Crippen LogP contribution in [0.1, 0.15) is 45.1 Å². The van der Waals surface area contributed by atoms with Gasteiger partial charge < -0.3 is 5.11 Å². The van der Waals surface area contributed by atoms with Gasteiger partial charge in [0.2, 0.25) is 0 Å². The fourth-order valence-electron chi connectivity index (χ4n) is 4.73. The van der Waals surface area contributed by atoms with Gasteiger partial charge in [-0.25, -0.2) is 0 Å². The predicted octanol–water partition coefficient (Wildman–Crippen LogP) is 3.86. The molecule has 0 saturated heterocycles. The Bertz CT molecular complexity index is 495. The molecule has 2 fully saturated rings. The van der Waals surface area contributed by atoms with E-state index in [0.29, 0.717) is 11.8 Å². The molecule has 3 rings (SSSR count). The molecule has 1 aromatic carbocycles. The van der Waals surface area contributed by atoms with Crippen LogP contribution in [-0.2, 0) is 10.2 Å². The Morgan fingerprint density at radius 1 is 1.26 bits per heavy atom. The minimum Gasteiger partial charge on any atom is -0.481 e. The molecular formula is C17H22O2. The van der Waals surface area contributed by atoms with E-state index in [1.54, 1.807) is 0 Å². The van der Waals surface area contributed by atoms with Gasteiger partial charge in [0, 0.05) is 0 Å². The average molecular weight is 258 g/mol. The van der Waals surface area contributed by atoms with Gasteiger partial charge in [-0.1, -0.05) is 37.3 Å². The highest BCUT2D eigenvalue weighted by atomic mass is 16.4. The zero-order chi connectivity index (χ0) is 13.7. The lowest BCUT2D eigenvalue weighted by molar-refractivity contribution is -0.150. The maximum absolute atomic E-state index is 11.7. The first-order valence-electron chi connectivity index (χ1n) is 7.25. The molecule has 4 unspecified atom stereocenters. The molecule has 4 atom stereocenters. The molecule has 0 amide bonds. The standard InChI is InChI=1S/C17H22O2/c1-12-8-14-10-17(9-12,11-16(14,2)15(18)19)13-6-4-3-5-7-13/h3-7,12,14H,8-11H2,1-2H3,(H,18,19). The first kappa shape index (κ1) is 12.7. The van der Waals surface area contributed by atoms with Crippen molar-refractivity contribution in [3.63, 3.8) is 0 Å². The summed E-state index contributed by atoms with van der Waals surface area (Å²) in [4.78, 5) is 11.7. The van der Waals surface area contributed by atoms with E-state index in [2.05, 4.69) is 31.2 Å². The zero-order valence-corrected chi connectivity index (χ0v) is 11.7. The highest BCUT2D eigenvalue weighted by molar-refractivity contribution is 5.75. The van der Waals surface area contributed by atoms with E-state index in [4.69, 9.17) is 0 Å². The Morgan fingerprint density at radius 3 is 2.58 bits per heavy atom. The van der Waals surface area contributed by atoms with Crippen LogP contribution in [0.4, 0.5) is 0 Å². The minimum absolute atomic E-state index is 0.0940. The SMILES string of the molecule is CC1CC2CC(c3ccccc3)(C1)CC2(C)C(=O)O. The van der Waals surface area contributed by atoms with Crippen LogP contribution in [0.5, 0.6) is 0 Å². The lowest BCUT2D eigenvalue weighted by Gasteiger charge is -2.37. The van der Waals surface area contributed by atoms with Gasteiger partial charge in [0.25, 0.3) is 0 Å². The number of aliphatic carboxylic acids is 1. The third kappa shape index (κ3) is 1.80. The lowest BCUT2D eigenvalue weighted by Crippen LogP contribution is -2.31. The van der Waals surface area contributed by atoms with Crippen LogP contribution in [-0.4, -0.2) is 11.1 Å². The van der Waals surface area contributed by atoms with Crippen molar-refractivity contribution < 1.29 is 9.90 Å². The van der Waals surface area contributed by atoms with Crippen LogP contribution in [0.15, 0.2) is 30.3 Å². The molecule has 0 heterocycles. The molecule has 0 radical (unpaired) electrons. The summed E-state index contributed by atoms with van der Waals surface area (Å²) in [6.07, 6.45) is 4.05. The third-order valence-electron chi connectivity index (χ3n) is 5.54. The number of benzene rings is 1. The van der Waals surface area contributed by atoms with Crippen LogP contribution < -0.4 is 0 Å². The molecule has 2 heteroatoms. The van der Waals surface area contributed by atoms with E-state index in [-0.39, 0.29) is 5.41 Å². The highest BCUT2D eigenvalue weighted by Gasteiger charge is 2.59. The van der Waals surface area contributed by atoms with Gasteiger partial charge in [-0.3, -0.25) is 4.79 Å². The van der Waals surface area contributed by atoms with Gasteiger partial charge in [-0.15, -0.1) is 0 Å². The van der Waals surface area contributed by atoms with Gasteiger partial charge in [0.1, 0.15) is 0 Å². The highest BCUT2D eigenvalue weighted by Crippen LogP contribution is 2.62. The summed E-state index contributed by atoms with van der Waals surface area (Å²) < 4.78 is 0. The molecular weight excluding hydrogens is 236 g/mol. The van der Waals surface area contributed by atoms with Crippen molar-refractivity contribution in [1.29, 1.82) is 0 Å². The maximum atomic E-state index is 11.7. The summed E-state index contributed by atoms with van der Waals surface area (Å²) in [6.45, 7) is 4.24. The lowest BCUT2D eigenvalue weighted by atomic mass is 9.67. The molecule has 0 aliphatic heterocycles. The van der Waals surface area contributed by atoms with Crippen molar-refractivity contribution in [3.05, 3.63) is 35.9 Å². The van der Waals surface area contributed by atoms with Gasteiger partial charge >= 0.3 is 5.97 Å². The van der Waals surface area contributed by atoms with E-state index in [0.717, 1.165) is 25.7 Å². The smallest absolute Gasteiger partial charge is 0.309 e. The summed E-state index contributed by atoms with van der Waals surface area (Å²) in [5.41, 5.74) is 0.897. The van der Waals surface area contributed by atoms with Crippen LogP contribution >= 0.6 is 0 Å². The molecule has 102 valence electrons.